The second-order valence-electron chi connectivity index (χ2n) is 10.9. The molecule has 1 aromatic carbocycles. The Morgan fingerprint density at radius 1 is 0.571 bits per heavy atom. The summed E-state index contributed by atoms with van der Waals surface area (Å²) >= 11 is 0. The third kappa shape index (κ3) is 19.0. The molecule has 1 aromatic rings. The second-order valence-corrected chi connectivity index (χ2v) is 10.9. The number of halogens is 1. The van der Waals surface area contributed by atoms with Crippen LogP contribution < -0.4 is 12.4 Å². The Bertz CT molecular complexity index is 539. The van der Waals surface area contributed by atoms with Crippen LogP contribution in [0.3, 0.4) is 0 Å². The maximum absolute atomic E-state index is 3.86. The molecule has 2 heteroatoms. The summed E-state index contributed by atoms with van der Waals surface area (Å²) in [6, 6.07) is 11.4. The summed E-state index contributed by atoms with van der Waals surface area (Å²) in [6.45, 7) is 13.9. The zero-order valence-electron chi connectivity index (χ0n) is 23.8. The van der Waals surface area contributed by atoms with Crippen molar-refractivity contribution in [2.45, 2.75) is 142 Å². The quantitative estimate of drug-likeness (QED) is 0.0727. The molecule has 0 saturated carbocycles. The van der Waals surface area contributed by atoms with Gasteiger partial charge in [-0.05, 0) is 51.4 Å². The van der Waals surface area contributed by atoms with E-state index in [4.69, 9.17) is 0 Å². The average molecular weight is 506 g/mol. The van der Waals surface area contributed by atoms with E-state index in [0.29, 0.717) is 0 Å². The summed E-state index contributed by atoms with van der Waals surface area (Å²) in [7, 11) is 0. The van der Waals surface area contributed by atoms with E-state index in [1.165, 1.54) is 153 Å². The number of allylic oxidation sites excluding steroid dienone is 1. The molecule has 0 aliphatic heterocycles. The molecular weight excluding hydrogens is 446 g/mol. The molecule has 0 fully saturated rings. The highest BCUT2D eigenvalue weighted by molar-refractivity contribution is 5.13. The second kappa shape index (κ2) is 24.9. The van der Waals surface area contributed by atoms with E-state index in [-0.39, 0.29) is 12.4 Å². The van der Waals surface area contributed by atoms with Crippen LogP contribution in [-0.4, -0.2) is 24.1 Å². The number of hydrogen-bond acceptors (Lipinski definition) is 0. The fourth-order valence-electron chi connectivity index (χ4n) is 5.44. The van der Waals surface area contributed by atoms with Crippen molar-refractivity contribution < 1.29 is 16.9 Å². The highest BCUT2D eigenvalue weighted by Crippen LogP contribution is 2.22. The standard InChI is InChI=1S/C33H60N.ClH/c1-4-7-10-13-16-17-20-26-31-34(29-24-18-14-11-8-5-2,30-25-19-15-12-9-6-3)32-33-27-22-21-23-28-33;/h4,21-23,27-28H,1,5-20,24-26,29-32H2,2-3H3;1H/q+1;/p-1. The van der Waals surface area contributed by atoms with Gasteiger partial charge in [0.05, 0.1) is 19.6 Å². The van der Waals surface area contributed by atoms with Gasteiger partial charge in [0.1, 0.15) is 6.54 Å². The zero-order chi connectivity index (χ0) is 24.6. The van der Waals surface area contributed by atoms with Crippen molar-refractivity contribution in [1.82, 2.24) is 0 Å². The van der Waals surface area contributed by atoms with Crippen LogP contribution >= 0.6 is 0 Å². The molecule has 0 amide bonds. The van der Waals surface area contributed by atoms with Gasteiger partial charge in [0.25, 0.3) is 0 Å². The predicted octanol–water partition coefficient (Wildman–Crippen LogP) is 7.65. The Kier molecular flexibility index (Phi) is 24.3. The molecule has 0 heterocycles. The molecule has 0 spiro atoms. The van der Waals surface area contributed by atoms with E-state index in [2.05, 4.69) is 56.8 Å². The highest BCUT2D eigenvalue weighted by atomic mass is 35.5. The molecule has 0 radical (unpaired) electrons. The number of unbranched alkanes of at least 4 members (excludes halogenated alkanes) is 16. The third-order valence-electron chi connectivity index (χ3n) is 7.62. The Morgan fingerprint density at radius 3 is 1.40 bits per heavy atom. The fourth-order valence-corrected chi connectivity index (χ4v) is 5.44. The van der Waals surface area contributed by atoms with Crippen LogP contribution in [0.4, 0.5) is 0 Å². The molecular formula is C33H60ClN. The Hall–Kier alpha value is -0.790. The van der Waals surface area contributed by atoms with Crippen LogP contribution in [0.25, 0.3) is 0 Å². The van der Waals surface area contributed by atoms with E-state index >= 15 is 0 Å². The van der Waals surface area contributed by atoms with Crippen molar-refractivity contribution in [3.05, 3.63) is 48.6 Å². The van der Waals surface area contributed by atoms with Crippen LogP contribution in [0.5, 0.6) is 0 Å². The molecule has 1 nitrogen and oxygen atoms in total. The van der Waals surface area contributed by atoms with Gasteiger partial charge in [0.15, 0.2) is 0 Å². The molecule has 0 saturated heterocycles. The first-order valence-corrected chi connectivity index (χ1v) is 15.3. The Morgan fingerprint density at radius 2 is 0.971 bits per heavy atom. The van der Waals surface area contributed by atoms with Gasteiger partial charge in [-0.2, -0.15) is 0 Å². The Labute approximate surface area is 227 Å². The Balaban J connectivity index is 0.0000116. The highest BCUT2D eigenvalue weighted by Gasteiger charge is 2.26. The maximum Gasteiger partial charge on any atom is 0.104 e. The lowest BCUT2D eigenvalue weighted by Gasteiger charge is -2.39. The zero-order valence-corrected chi connectivity index (χ0v) is 24.5. The van der Waals surface area contributed by atoms with Gasteiger partial charge in [-0.25, -0.2) is 0 Å². The van der Waals surface area contributed by atoms with E-state index in [1.54, 1.807) is 5.56 Å². The van der Waals surface area contributed by atoms with Crippen LogP contribution in [0.2, 0.25) is 0 Å². The lowest BCUT2D eigenvalue weighted by atomic mass is 10.0. The molecule has 0 atom stereocenters. The lowest BCUT2D eigenvalue weighted by molar-refractivity contribution is -0.941. The van der Waals surface area contributed by atoms with E-state index < -0.39 is 0 Å². The molecule has 0 aliphatic carbocycles. The van der Waals surface area contributed by atoms with Gasteiger partial charge in [-0.1, -0.05) is 121 Å². The van der Waals surface area contributed by atoms with Crippen LogP contribution in [0, 0.1) is 0 Å². The minimum absolute atomic E-state index is 0. The minimum atomic E-state index is 0. The average Bonchev–Trinajstić information content (AvgIpc) is 2.86. The van der Waals surface area contributed by atoms with Crippen LogP contribution in [-0.2, 0) is 6.54 Å². The van der Waals surface area contributed by atoms with Crippen molar-refractivity contribution in [2.75, 3.05) is 19.6 Å². The van der Waals surface area contributed by atoms with Crippen molar-refractivity contribution in [1.29, 1.82) is 0 Å². The van der Waals surface area contributed by atoms with Crippen molar-refractivity contribution in [3.63, 3.8) is 0 Å². The molecule has 0 unspecified atom stereocenters. The number of benzene rings is 1. The largest absolute Gasteiger partial charge is 1.00 e. The number of rotatable bonds is 25. The smallest absolute Gasteiger partial charge is 0.104 e. The predicted molar refractivity (Wildman–Crippen MR) is 154 cm³/mol. The normalized spacial score (nSPS) is 11.4. The molecule has 1 rings (SSSR count). The number of nitrogens with zero attached hydrogens (tertiary/aromatic N) is 1. The van der Waals surface area contributed by atoms with E-state index in [9.17, 15) is 0 Å². The molecule has 0 aromatic heterocycles. The SMILES string of the molecule is C=CCCCCCCCC[N+](CCCCCCCC)(CCCCCCCC)Cc1ccccc1.[Cl-]. The molecule has 204 valence electrons. The maximum atomic E-state index is 3.86. The first-order valence-electron chi connectivity index (χ1n) is 15.3. The summed E-state index contributed by atoms with van der Waals surface area (Å²) in [5.41, 5.74) is 1.55. The van der Waals surface area contributed by atoms with Crippen LogP contribution in [0.15, 0.2) is 43.0 Å². The van der Waals surface area contributed by atoms with Crippen molar-refractivity contribution in [3.8, 4) is 0 Å². The van der Waals surface area contributed by atoms with Gasteiger partial charge < -0.3 is 16.9 Å². The summed E-state index contributed by atoms with van der Waals surface area (Å²) in [6.07, 6.45) is 28.5. The summed E-state index contributed by atoms with van der Waals surface area (Å²) in [5.74, 6) is 0. The van der Waals surface area contributed by atoms with Gasteiger partial charge in [-0.15, -0.1) is 6.58 Å². The summed E-state index contributed by atoms with van der Waals surface area (Å²) < 4.78 is 1.34. The van der Waals surface area contributed by atoms with E-state index in [1.807, 2.05) is 0 Å². The topological polar surface area (TPSA) is 0 Å². The van der Waals surface area contributed by atoms with Gasteiger partial charge in [-0.3, -0.25) is 0 Å². The number of quaternary nitrogens is 1. The lowest BCUT2D eigenvalue weighted by Crippen LogP contribution is -3.00. The molecule has 0 N–H and O–H groups in total. The van der Waals surface area contributed by atoms with Crippen LogP contribution in [0.1, 0.15) is 141 Å². The van der Waals surface area contributed by atoms with E-state index in [0.717, 1.165) is 0 Å². The molecule has 35 heavy (non-hydrogen) atoms. The molecule has 0 aliphatic rings. The fraction of sp³-hybridized carbons (Fsp3) is 0.758. The van der Waals surface area contributed by atoms with Crippen molar-refractivity contribution >= 4 is 0 Å². The molecule has 0 bridgehead atoms. The first kappa shape index (κ1) is 34.2. The minimum Gasteiger partial charge on any atom is -1.00 e. The summed E-state index contributed by atoms with van der Waals surface area (Å²) in [4.78, 5) is 0. The van der Waals surface area contributed by atoms with Crippen molar-refractivity contribution in [2.24, 2.45) is 0 Å². The van der Waals surface area contributed by atoms with Gasteiger partial charge >= 0.3 is 0 Å². The monoisotopic (exact) mass is 505 g/mol. The van der Waals surface area contributed by atoms with Gasteiger partial charge in [0.2, 0.25) is 0 Å². The number of hydrogen-bond donors (Lipinski definition) is 0. The third-order valence-corrected chi connectivity index (χ3v) is 7.62. The van der Waals surface area contributed by atoms with Gasteiger partial charge in [0, 0.05) is 5.56 Å². The first-order chi connectivity index (χ1) is 16.8. The summed E-state index contributed by atoms with van der Waals surface area (Å²) in [5, 5.41) is 0.